The van der Waals surface area contributed by atoms with Crippen molar-refractivity contribution in [2.45, 2.75) is 39.5 Å². The van der Waals surface area contributed by atoms with E-state index in [9.17, 15) is 10.1 Å². The molecule has 0 atom stereocenters. The van der Waals surface area contributed by atoms with Crippen LogP contribution in [-0.4, -0.2) is 9.91 Å². The Balaban J connectivity index is 2.63. The standard InChI is InChI=1S/C17H20N2O2/c1-5-12-10-16(17(2,3)4)18-11-14(12)13-8-6-7-9-15(13)19(20)21/h6-11H,5H2,1-4H3. The van der Waals surface area contributed by atoms with Crippen molar-refractivity contribution in [1.29, 1.82) is 0 Å². The summed E-state index contributed by atoms with van der Waals surface area (Å²) in [4.78, 5) is 15.4. The highest BCUT2D eigenvalue weighted by atomic mass is 16.6. The minimum atomic E-state index is -0.341. The van der Waals surface area contributed by atoms with Crippen LogP contribution in [0.3, 0.4) is 0 Å². The van der Waals surface area contributed by atoms with Crippen LogP contribution in [0.4, 0.5) is 5.69 Å². The second-order valence-corrected chi connectivity index (χ2v) is 6.10. The lowest BCUT2D eigenvalue weighted by Crippen LogP contribution is -2.14. The van der Waals surface area contributed by atoms with Crippen LogP contribution in [0.2, 0.25) is 0 Å². The Hall–Kier alpha value is -2.23. The van der Waals surface area contributed by atoms with Crippen LogP contribution in [0.5, 0.6) is 0 Å². The highest BCUT2D eigenvalue weighted by Crippen LogP contribution is 2.33. The van der Waals surface area contributed by atoms with E-state index in [1.54, 1.807) is 18.3 Å². The number of nitro benzene ring substituents is 1. The highest BCUT2D eigenvalue weighted by Gasteiger charge is 2.20. The molecule has 0 aliphatic heterocycles. The lowest BCUT2D eigenvalue weighted by Gasteiger charge is -2.20. The average Bonchev–Trinajstić information content (AvgIpc) is 2.45. The van der Waals surface area contributed by atoms with E-state index in [1.807, 2.05) is 6.07 Å². The topological polar surface area (TPSA) is 56.0 Å². The lowest BCUT2D eigenvalue weighted by atomic mass is 9.88. The molecule has 0 spiro atoms. The summed E-state index contributed by atoms with van der Waals surface area (Å²) in [5, 5.41) is 11.2. The fourth-order valence-electron chi connectivity index (χ4n) is 2.30. The van der Waals surface area contributed by atoms with Gasteiger partial charge in [-0.3, -0.25) is 15.1 Å². The van der Waals surface area contributed by atoms with E-state index >= 15 is 0 Å². The fourth-order valence-corrected chi connectivity index (χ4v) is 2.30. The van der Waals surface area contributed by atoms with Gasteiger partial charge in [0.1, 0.15) is 0 Å². The largest absolute Gasteiger partial charge is 0.277 e. The Labute approximate surface area is 125 Å². The van der Waals surface area contributed by atoms with E-state index in [0.29, 0.717) is 5.56 Å². The zero-order chi connectivity index (χ0) is 15.6. The van der Waals surface area contributed by atoms with Crippen molar-refractivity contribution in [3.63, 3.8) is 0 Å². The van der Waals surface area contributed by atoms with Gasteiger partial charge in [-0.15, -0.1) is 0 Å². The summed E-state index contributed by atoms with van der Waals surface area (Å²) < 4.78 is 0. The predicted molar refractivity (Wildman–Crippen MR) is 84.4 cm³/mol. The maximum absolute atomic E-state index is 11.2. The summed E-state index contributed by atoms with van der Waals surface area (Å²) in [5.74, 6) is 0. The first-order valence-electron chi connectivity index (χ1n) is 7.07. The summed E-state index contributed by atoms with van der Waals surface area (Å²) in [6, 6.07) is 8.88. The van der Waals surface area contributed by atoms with E-state index in [0.717, 1.165) is 23.2 Å². The van der Waals surface area contributed by atoms with Crippen molar-refractivity contribution in [2.75, 3.05) is 0 Å². The van der Waals surface area contributed by atoms with E-state index in [4.69, 9.17) is 0 Å². The zero-order valence-corrected chi connectivity index (χ0v) is 12.9. The Bertz CT molecular complexity index is 673. The van der Waals surface area contributed by atoms with Crippen molar-refractivity contribution in [2.24, 2.45) is 0 Å². The molecule has 0 bridgehead atoms. The van der Waals surface area contributed by atoms with Gasteiger partial charge in [0, 0.05) is 28.9 Å². The molecule has 0 saturated heterocycles. The van der Waals surface area contributed by atoms with Gasteiger partial charge in [0.25, 0.3) is 5.69 Å². The van der Waals surface area contributed by atoms with Crippen molar-refractivity contribution in [1.82, 2.24) is 4.98 Å². The van der Waals surface area contributed by atoms with Crippen LogP contribution >= 0.6 is 0 Å². The smallest absolute Gasteiger partial charge is 0.260 e. The number of nitro groups is 1. The second-order valence-electron chi connectivity index (χ2n) is 6.10. The minimum Gasteiger partial charge on any atom is -0.260 e. The summed E-state index contributed by atoms with van der Waals surface area (Å²) >= 11 is 0. The number of hydrogen-bond acceptors (Lipinski definition) is 3. The van der Waals surface area contributed by atoms with Crippen LogP contribution in [0.15, 0.2) is 36.5 Å². The molecule has 110 valence electrons. The normalized spacial score (nSPS) is 11.4. The second kappa shape index (κ2) is 5.64. The molecule has 0 saturated carbocycles. The summed E-state index contributed by atoms with van der Waals surface area (Å²) in [7, 11) is 0. The first kappa shape index (κ1) is 15.2. The van der Waals surface area contributed by atoms with E-state index in [1.165, 1.54) is 6.07 Å². The minimum absolute atomic E-state index is 0.0366. The Morgan fingerprint density at radius 2 is 1.86 bits per heavy atom. The molecule has 0 fully saturated rings. The molecule has 2 rings (SSSR count). The molecule has 2 aromatic rings. The average molecular weight is 284 g/mol. The SMILES string of the molecule is CCc1cc(C(C)(C)C)ncc1-c1ccccc1[N+](=O)[O-]. The molecule has 0 radical (unpaired) electrons. The van der Waals surface area contributed by atoms with Crippen LogP contribution in [-0.2, 0) is 11.8 Å². The van der Waals surface area contributed by atoms with Crippen molar-refractivity contribution in [3.8, 4) is 11.1 Å². The maximum Gasteiger partial charge on any atom is 0.277 e. The number of benzene rings is 1. The number of pyridine rings is 1. The van der Waals surface area contributed by atoms with Crippen molar-refractivity contribution in [3.05, 3.63) is 57.9 Å². The Kier molecular flexibility index (Phi) is 4.07. The maximum atomic E-state index is 11.2. The molecule has 0 aliphatic carbocycles. The monoisotopic (exact) mass is 284 g/mol. The van der Waals surface area contributed by atoms with Gasteiger partial charge in [0.2, 0.25) is 0 Å². The summed E-state index contributed by atoms with van der Waals surface area (Å²) in [6.07, 6.45) is 2.58. The van der Waals surface area contributed by atoms with E-state index in [2.05, 4.69) is 38.7 Å². The van der Waals surface area contributed by atoms with Gasteiger partial charge in [-0.2, -0.15) is 0 Å². The first-order valence-corrected chi connectivity index (χ1v) is 7.07. The molecule has 21 heavy (non-hydrogen) atoms. The summed E-state index contributed by atoms with van der Waals surface area (Å²) in [5.41, 5.74) is 3.65. The van der Waals surface area contributed by atoms with Gasteiger partial charge in [-0.1, -0.05) is 39.8 Å². The number of aromatic nitrogens is 1. The van der Waals surface area contributed by atoms with Gasteiger partial charge < -0.3 is 0 Å². The molecular formula is C17H20N2O2. The van der Waals surface area contributed by atoms with Crippen molar-refractivity contribution < 1.29 is 4.92 Å². The molecule has 1 heterocycles. The number of rotatable bonds is 3. The van der Waals surface area contributed by atoms with Gasteiger partial charge in [-0.25, -0.2) is 0 Å². The van der Waals surface area contributed by atoms with Crippen molar-refractivity contribution >= 4 is 5.69 Å². The van der Waals surface area contributed by atoms with Gasteiger partial charge in [-0.05, 0) is 24.1 Å². The molecule has 0 unspecified atom stereocenters. The predicted octanol–water partition coefficient (Wildman–Crippen LogP) is 4.52. The van der Waals surface area contributed by atoms with Crippen LogP contribution < -0.4 is 0 Å². The third-order valence-corrected chi connectivity index (χ3v) is 3.53. The van der Waals surface area contributed by atoms with E-state index in [-0.39, 0.29) is 16.0 Å². The number of aryl methyl sites for hydroxylation is 1. The van der Waals surface area contributed by atoms with Gasteiger partial charge in [0.15, 0.2) is 0 Å². The van der Waals surface area contributed by atoms with E-state index < -0.39 is 0 Å². The summed E-state index contributed by atoms with van der Waals surface area (Å²) in [6.45, 7) is 8.39. The molecule has 4 heteroatoms. The zero-order valence-electron chi connectivity index (χ0n) is 12.9. The van der Waals surface area contributed by atoms with Crippen LogP contribution in [0.25, 0.3) is 11.1 Å². The third kappa shape index (κ3) is 3.10. The molecule has 1 aromatic carbocycles. The van der Waals surface area contributed by atoms with Crippen LogP contribution in [0.1, 0.15) is 39.0 Å². The molecule has 4 nitrogen and oxygen atoms in total. The number of nitrogens with zero attached hydrogens (tertiary/aromatic N) is 2. The molecule has 1 aromatic heterocycles. The fraction of sp³-hybridized carbons (Fsp3) is 0.353. The number of para-hydroxylation sites is 1. The third-order valence-electron chi connectivity index (χ3n) is 3.53. The van der Waals surface area contributed by atoms with Gasteiger partial charge in [0.05, 0.1) is 10.5 Å². The number of hydrogen-bond donors (Lipinski definition) is 0. The molecular weight excluding hydrogens is 264 g/mol. The molecule has 0 aliphatic rings. The van der Waals surface area contributed by atoms with Gasteiger partial charge >= 0.3 is 0 Å². The van der Waals surface area contributed by atoms with Crippen LogP contribution in [0, 0.1) is 10.1 Å². The molecule has 0 N–H and O–H groups in total. The quantitative estimate of drug-likeness (QED) is 0.615. The Morgan fingerprint density at radius 1 is 1.19 bits per heavy atom. The first-order chi connectivity index (χ1) is 9.84. The Morgan fingerprint density at radius 3 is 2.43 bits per heavy atom. The lowest BCUT2D eigenvalue weighted by molar-refractivity contribution is -0.384. The molecule has 0 amide bonds. The highest BCUT2D eigenvalue weighted by molar-refractivity contribution is 5.75.